The molecule has 1 aliphatic heterocycles. The number of amides is 1. The zero-order chi connectivity index (χ0) is 17.1. The summed E-state index contributed by atoms with van der Waals surface area (Å²) in [7, 11) is 0. The Morgan fingerprint density at radius 2 is 2.28 bits per heavy atom. The lowest BCUT2D eigenvalue weighted by molar-refractivity contribution is -0.384. The van der Waals surface area contributed by atoms with E-state index in [0.717, 1.165) is 19.4 Å². The van der Waals surface area contributed by atoms with Crippen LogP contribution >= 0.6 is 23.7 Å². The van der Waals surface area contributed by atoms with Crippen LogP contribution in [0.3, 0.4) is 0 Å². The van der Waals surface area contributed by atoms with Gasteiger partial charge in [-0.05, 0) is 26.3 Å². The second-order valence-corrected chi connectivity index (χ2v) is 6.75. The third kappa shape index (κ3) is 4.75. The van der Waals surface area contributed by atoms with Crippen LogP contribution < -0.4 is 10.6 Å². The minimum Gasteiger partial charge on any atom is -0.348 e. The molecular weight excluding hydrogens is 364 g/mol. The van der Waals surface area contributed by atoms with Crippen molar-refractivity contribution >= 4 is 35.3 Å². The second kappa shape index (κ2) is 8.37. The molecule has 134 valence electrons. The maximum absolute atomic E-state index is 12.3. The number of nitrogens with zero attached hydrogens (tertiary/aromatic N) is 2. The summed E-state index contributed by atoms with van der Waals surface area (Å²) in [4.78, 5) is 27.1. The number of nitro groups is 1. The van der Waals surface area contributed by atoms with Crippen LogP contribution in [0, 0.1) is 10.1 Å². The summed E-state index contributed by atoms with van der Waals surface area (Å²) in [5, 5.41) is 19.5. The molecule has 2 atom stereocenters. The monoisotopic (exact) mass is 382 g/mol. The maximum atomic E-state index is 12.3. The molecule has 7 nitrogen and oxygen atoms in total. The molecule has 25 heavy (non-hydrogen) atoms. The van der Waals surface area contributed by atoms with Crippen molar-refractivity contribution in [2.75, 3.05) is 6.54 Å². The number of thiazole rings is 1. The Balaban J connectivity index is 0.00000225. The van der Waals surface area contributed by atoms with Crippen molar-refractivity contribution in [2.45, 2.75) is 31.8 Å². The molecule has 0 bridgehead atoms. The summed E-state index contributed by atoms with van der Waals surface area (Å²) in [5.41, 5.74) is 1.01. The molecule has 9 heteroatoms. The summed E-state index contributed by atoms with van der Waals surface area (Å²) in [6.45, 7) is 2.99. The van der Waals surface area contributed by atoms with E-state index in [0.29, 0.717) is 22.3 Å². The van der Waals surface area contributed by atoms with Gasteiger partial charge in [-0.2, -0.15) is 0 Å². The predicted molar refractivity (Wildman–Crippen MR) is 99.4 cm³/mol. The molecule has 1 saturated heterocycles. The molecule has 2 unspecified atom stereocenters. The number of nitro benzene ring substituents is 1. The summed E-state index contributed by atoms with van der Waals surface area (Å²) >= 11 is 1.31. The molecule has 0 spiro atoms. The number of hydrogen-bond donors (Lipinski definition) is 2. The van der Waals surface area contributed by atoms with Crippen molar-refractivity contribution in [2.24, 2.45) is 0 Å². The Morgan fingerprint density at radius 1 is 1.48 bits per heavy atom. The molecule has 1 aliphatic rings. The van der Waals surface area contributed by atoms with E-state index in [2.05, 4.69) is 22.5 Å². The number of hydrogen-bond acceptors (Lipinski definition) is 6. The first-order valence-corrected chi connectivity index (χ1v) is 8.65. The molecule has 0 aliphatic carbocycles. The van der Waals surface area contributed by atoms with Crippen LogP contribution in [0.1, 0.15) is 30.3 Å². The van der Waals surface area contributed by atoms with E-state index in [9.17, 15) is 14.9 Å². The van der Waals surface area contributed by atoms with Gasteiger partial charge in [-0.15, -0.1) is 23.7 Å². The molecule has 0 radical (unpaired) electrons. The Morgan fingerprint density at radius 3 is 3.00 bits per heavy atom. The first-order valence-electron chi connectivity index (χ1n) is 7.77. The quantitative estimate of drug-likeness (QED) is 0.625. The van der Waals surface area contributed by atoms with Gasteiger partial charge in [0.05, 0.1) is 4.92 Å². The van der Waals surface area contributed by atoms with E-state index in [1.807, 2.05) is 0 Å². The van der Waals surface area contributed by atoms with E-state index in [1.165, 1.54) is 23.5 Å². The van der Waals surface area contributed by atoms with Gasteiger partial charge in [-0.3, -0.25) is 14.9 Å². The molecule has 1 fully saturated rings. The van der Waals surface area contributed by atoms with Gasteiger partial charge in [-0.25, -0.2) is 4.98 Å². The van der Waals surface area contributed by atoms with Crippen molar-refractivity contribution in [3.63, 3.8) is 0 Å². The first-order chi connectivity index (χ1) is 11.5. The Labute approximate surface area is 155 Å². The van der Waals surface area contributed by atoms with Crippen LogP contribution in [-0.4, -0.2) is 34.4 Å². The van der Waals surface area contributed by atoms with Crippen molar-refractivity contribution in [1.82, 2.24) is 15.6 Å². The molecule has 0 saturated carbocycles. The van der Waals surface area contributed by atoms with Crippen molar-refractivity contribution < 1.29 is 9.72 Å². The van der Waals surface area contributed by atoms with Gasteiger partial charge in [0, 0.05) is 35.2 Å². The number of carbonyl (C=O) groups is 1. The fraction of sp³-hybridized carbons (Fsp3) is 0.375. The molecule has 2 N–H and O–H groups in total. The number of aromatic nitrogens is 1. The standard InChI is InChI=1S/C16H18N4O3S.ClH/c1-10-7-12(5-6-17-10)18-15(21)14-9-24-16(19-14)11-3-2-4-13(8-11)20(22)23;/h2-4,8-10,12,17H,5-7H2,1H3,(H,18,21);1H. The average Bonchev–Trinajstić information content (AvgIpc) is 3.05. The van der Waals surface area contributed by atoms with E-state index >= 15 is 0 Å². The number of non-ortho nitro benzene ring substituents is 1. The highest BCUT2D eigenvalue weighted by Gasteiger charge is 2.22. The summed E-state index contributed by atoms with van der Waals surface area (Å²) < 4.78 is 0. The molecule has 2 heterocycles. The highest BCUT2D eigenvalue weighted by Crippen LogP contribution is 2.27. The smallest absolute Gasteiger partial charge is 0.270 e. The first kappa shape index (κ1) is 19.3. The van der Waals surface area contributed by atoms with Crippen molar-refractivity contribution in [3.8, 4) is 10.6 Å². The zero-order valence-electron chi connectivity index (χ0n) is 13.6. The van der Waals surface area contributed by atoms with E-state index in [-0.39, 0.29) is 30.0 Å². The minimum atomic E-state index is -0.441. The van der Waals surface area contributed by atoms with Gasteiger partial charge in [0.25, 0.3) is 11.6 Å². The normalized spacial score (nSPS) is 19.7. The summed E-state index contributed by atoms with van der Waals surface area (Å²) in [6.07, 6.45) is 1.80. The number of rotatable bonds is 4. The third-order valence-electron chi connectivity index (χ3n) is 4.00. The Bertz CT molecular complexity index is 767. The van der Waals surface area contributed by atoms with Crippen molar-refractivity contribution in [1.29, 1.82) is 0 Å². The number of halogens is 1. The lowest BCUT2D eigenvalue weighted by Gasteiger charge is -2.28. The van der Waals surface area contributed by atoms with Crippen LogP contribution in [0.4, 0.5) is 5.69 Å². The molecule has 1 amide bonds. The SMILES string of the molecule is CC1CC(NC(=O)c2csc(-c3cccc([N+](=O)[O-])c3)n2)CCN1.Cl. The topological polar surface area (TPSA) is 97.2 Å². The molecular formula is C16H19ClN4O3S. The van der Waals surface area contributed by atoms with Gasteiger partial charge >= 0.3 is 0 Å². The average molecular weight is 383 g/mol. The largest absolute Gasteiger partial charge is 0.348 e. The molecule has 2 aromatic rings. The van der Waals surface area contributed by atoms with E-state index < -0.39 is 4.92 Å². The van der Waals surface area contributed by atoms with Gasteiger partial charge in [0.15, 0.2) is 0 Å². The van der Waals surface area contributed by atoms with E-state index in [1.54, 1.807) is 17.5 Å². The predicted octanol–water partition coefficient (Wildman–Crippen LogP) is 3.01. The minimum absolute atomic E-state index is 0. The Hall–Kier alpha value is -2.03. The summed E-state index contributed by atoms with van der Waals surface area (Å²) in [6, 6.07) is 6.81. The fourth-order valence-electron chi connectivity index (χ4n) is 2.79. The van der Waals surface area contributed by atoms with Gasteiger partial charge in [0.1, 0.15) is 10.7 Å². The number of nitrogens with one attached hydrogen (secondary N) is 2. The lowest BCUT2D eigenvalue weighted by atomic mass is 10.0. The third-order valence-corrected chi connectivity index (χ3v) is 4.89. The number of piperidine rings is 1. The molecule has 3 rings (SSSR count). The fourth-order valence-corrected chi connectivity index (χ4v) is 3.58. The zero-order valence-corrected chi connectivity index (χ0v) is 15.2. The maximum Gasteiger partial charge on any atom is 0.270 e. The number of benzene rings is 1. The lowest BCUT2D eigenvalue weighted by Crippen LogP contribution is -2.46. The number of carbonyl (C=O) groups excluding carboxylic acids is 1. The van der Waals surface area contributed by atoms with Crippen LogP contribution in [0.2, 0.25) is 0 Å². The van der Waals surface area contributed by atoms with E-state index in [4.69, 9.17) is 0 Å². The van der Waals surface area contributed by atoms with Crippen LogP contribution in [0.5, 0.6) is 0 Å². The van der Waals surface area contributed by atoms with Crippen LogP contribution in [0.25, 0.3) is 10.6 Å². The molecule has 1 aromatic carbocycles. The van der Waals surface area contributed by atoms with Crippen LogP contribution in [-0.2, 0) is 0 Å². The Kier molecular flexibility index (Phi) is 6.46. The van der Waals surface area contributed by atoms with Crippen molar-refractivity contribution in [3.05, 3.63) is 45.5 Å². The van der Waals surface area contributed by atoms with Crippen LogP contribution in [0.15, 0.2) is 29.6 Å². The van der Waals surface area contributed by atoms with Gasteiger partial charge in [0.2, 0.25) is 0 Å². The van der Waals surface area contributed by atoms with Gasteiger partial charge in [-0.1, -0.05) is 12.1 Å². The second-order valence-electron chi connectivity index (χ2n) is 5.90. The molecule has 1 aromatic heterocycles. The highest BCUT2D eigenvalue weighted by atomic mass is 35.5. The summed E-state index contributed by atoms with van der Waals surface area (Å²) in [5.74, 6) is -0.193. The van der Waals surface area contributed by atoms with Gasteiger partial charge < -0.3 is 10.6 Å². The highest BCUT2D eigenvalue weighted by molar-refractivity contribution is 7.13.